The molecule has 2 heterocycles. The van der Waals surface area contributed by atoms with Crippen molar-refractivity contribution in [3.05, 3.63) is 0 Å². The van der Waals surface area contributed by atoms with Gasteiger partial charge in [0.2, 0.25) is 0 Å². The summed E-state index contributed by atoms with van der Waals surface area (Å²) in [6.07, 6.45) is 3.55. The number of amides is 1. The molecule has 2 fully saturated rings. The largest absolute Gasteiger partial charge is 0.469 e. The molecular formula is C17H29NO5. The van der Waals surface area contributed by atoms with Crippen LogP contribution in [0.5, 0.6) is 0 Å². The molecule has 6 nitrogen and oxygen atoms in total. The van der Waals surface area contributed by atoms with Gasteiger partial charge in [-0.1, -0.05) is 0 Å². The SMILES string of the molecule is COC(=O)C[C@H]1CCOC2(CCN(C(=O)OC(C)(C)C)CC2)C1. The number of methoxy groups -OCH3 is 1. The molecule has 23 heavy (non-hydrogen) atoms. The molecule has 1 atom stereocenters. The molecule has 0 radical (unpaired) electrons. The van der Waals surface area contributed by atoms with Gasteiger partial charge in [0.05, 0.1) is 12.7 Å². The standard InChI is InChI=1S/C17H29NO5/c1-16(2,3)23-15(20)18-8-6-17(7-9-18)12-13(5-10-22-17)11-14(19)21-4/h13H,5-12H2,1-4H3/t13-/m1/s1. The van der Waals surface area contributed by atoms with Gasteiger partial charge in [0.25, 0.3) is 0 Å². The summed E-state index contributed by atoms with van der Waals surface area (Å²) < 4.78 is 16.3. The summed E-state index contributed by atoms with van der Waals surface area (Å²) in [5.74, 6) is 0.155. The molecule has 132 valence electrons. The number of rotatable bonds is 2. The summed E-state index contributed by atoms with van der Waals surface area (Å²) >= 11 is 0. The van der Waals surface area contributed by atoms with Gasteiger partial charge in [0.15, 0.2) is 0 Å². The highest BCUT2D eigenvalue weighted by Crippen LogP contribution is 2.39. The fourth-order valence-electron chi connectivity index (χ4n) is 3.39. The van der Waals surface area contributed by atoms with Gasteiger partial charge in [-0.15, -0.1) is 0 Å². The number of hydrogen-bond acceptors (Lipinski definition) is 5. The molecule has 2 rings (SSSR count). The maximum absolute atomic E-state index is 12.1. The third-order valence-electron chi connectivity index (χ3n) is 4.60. The lowest BCUT2D eigenvalue weighted by molar-refractivity contribution is -0.148. The van der Waals surface area contributed by atoms with Gasteiger partial charge in [-0.3, -0.25) is 4.79 Å². The van der Waals surface area contributed by atoms with Crippen molar-refractivity contribution < 1.29 is 23.8 Å². The molecule has 0 aromatic carbocycles. The molecule has 1 spiro atoms. The van der Waals surface area contributed by atoms with E-state index in [1.54, 1.807) is 4.90 Å². The van der Waals surface area contributed by atoms with E-state index >= 15 is 0 Å². The van der Waals surface area contributed by atoms with E-state index in [1.807, 2.05) is 20.8 Å². The van der Waals surface area contributed by atoms with Gasteiger partial charge >= 0.3 is 12.1 Å². The number of likely N-dealkylation sites (tertiary alicyclic amines) is 1. The second kappa shape index (κ2) is 7.07. The highest BCUT2D eigenvalue weighted by molar-refractivity contribution is 5.69. The molecule has 0 bridgehead atoms. The predicted molar refractivity (Wildman–Crippen MR) is 85.1 cm³/mol. The number of esters is 1. The normalized spacial score (nSPS) is 24.3. The summed E-state index contributed by atoms with van der Waals surface area (Å²) in [5, 5.41) is 0. The van der Waals surface area contributed by atoms with Gasteiger partial charge in [-0.05, 0) is 52.4 Å². The summed E-state index contributed by atoms with van der Waals surface area (Å²) in [4.78, 5) is 25.4. The van der Waals surface area contributed by atoms with E-state index < -0.39 is 5.60 Å². The highest BCUT2D eigenvalue weighted by Gasteiger charge is 2.42. The van der Waals surface area contributed by atoms with Crippen LogP contribution in [0.4, 0.5) is 4.79 Å². The van der Waals surface area contributed by atoms with E-state index in [-0.39, 0.29) is 17.7 Å². The Balaban J connectivity index is 1.87. The van der Waals surface area contributed by atoms with E-state index in [1.165, 1.54) is 7.11 Å². The monoisotopic (exact) mass is 327 g/mol. The third kappa shape index (κ3) is 5.09. The molecule has 0 aliphatic carbocycles. The Morgan fingerprint density at radius 2 is 1.91 bits per heavy atom. The molecule has 0 N–H and O–H groups in total. The third-order valence-corrected chi connectivity index (χ3v) is 4.60. The zero-order valence-electron chi connectivity index (χ0n) is 14.7. The molecule has 0 unspecified atom stereocenters. The average molecular weight is 327 g/mol. The van der Waals surface area contributed by atoms with Crippen LogP contribution in [0.25, 0.3) is 0 Å². The maximum Gasteiger partial charge on any atom is 0.410 e. The van der Waals surface area contributed by atoms with Crippen LogP contribution >= 0.6 is 0 Å². The maximum atomic E-state index is 12.1. The Kier molecular flexibility index (Phi) is 5.55. The van der Waals surface area contributed by atoms with Gasteiger partial charge < -0.3 is 19.1 Å². The van der Waals surface area contributed by atoms with Crippen LogP contribution in [-0.4, -0.2) is 55.0 Å². The van der Waals surface area contributed by atoms with Crippen LogP contribution in [-0.2, 0) is 19.0 Å². The number of hydrogen-bond donors (Lipinski definition) is 0. The molecule has 0 aromatic heterocycles. The van der Waals surface area contributed by atoms with Crippen LogP contribution in [0.3, 0.4) is 0 Å². The Bertz CT molecular complexity index is 435. The van der Waals surface area contributed by atoms with Gasteiger partial charge in [-0.2, -0.15) is 0 Å². The molecule has 0 aromatic rings. The lowest BCUT2D eigenvalue weighted by Crippen LogP contribution is -2.51. The van der Waals surface area contributed by atoms with Gasteiger partial charge in [0.1, 0.15) is 5.60 Å². The first-order chi connectivity index (χ1) is 10.7. The second-order valence-electron chi connectivity index (χ2n) is 7.64. The lowest BCUT2D eigenvalue weighted by atomic mass is 9.78. The minimum Gasteiger partial charge on any atom is -0.469 e. The number of ether oxygens (including phenoxy) is 3. The minimum absolute atomic E-state index is 0.154. The van der Waals surface area contributed by atoms with Crippen molar-refractivity contribution in [1.82, 2.24) is 4.90 Å². The lowest BCUT2D eigenvalue weighted by Gasteiger charge is -2.46. The summed E-state index contributed by atoms with van der Waals surface area (Å²) in [6, 6.07) is 0. The summed E-state index contributed by atoms with van der Waals surface area (Å²) in [5.41, 5.74) is -0.672. The Morgan fingerprint density at radius 3 is 2.48 bits per heavy atom. The zero-order chi connectivity index (χ0) is 17.1. The zero-order valence-corrected chi connectivity index (χ0v) is 14.7. The summed E-state index contributed by atoms with van der Waals surface area (Å²) in [7, 11) is 1.43. The average Bonchev–Trinajstić information content (AvgIpc) is 2.46. The van der Waals surface area contributed by atoms with Crippen LogP contribution in [0.15, 0.2) is 0 Å². The van der Waals surface area contributed by atoms with E-state index in [2.05, 4.69) is 0 Å². The fraction of sp³-hybridized carbons (Fsp3) is 0.882. The van der Waals surface area contributed by atoms with Gasteiger partial charge in [-0.25, -0.2) is 4.79 Å². The summed E-state index contributed by atoms with van der Waals surface area (Å²) in [6.45, 7) is 7.57. The van der Waals surface area contributed by atoms with E-state index in [0.717, 1.165) is 25.7 Å². The number of carbonyl (C=O) groups is 2. The highest BCUT2D eigenvalue weighted by atomic mass is 16.6. The Hall–Kier alpha value is -1.30. The topological polar surface area (TPSA) is 65.1 Å². The molecule has 2 saturated heterocycles. The molecule has 6 heteroatoms. The second-order valence-corrected chi connectivity index (χ2v) is 7.64. The van der Waals surface area contributed by atoms with E-state index in [9.17, 15) is 9.59 Å². The van der Waals surface area contributed by atoms with Crippen molar-refractivity contribution in [2.75, 3.05) is 26.8 Å². The van der Waals surface area contributed by atoms with Crippen LogP contribution in [0.1, 0.15) is 52.9 Å². The van der Waals surface area contributed by atoms with Gasteiger partial charge in [0, 0.05) is 26.1 Å². The Labute approximate surface area is 138 Å². The van der Waals surface area contributed by atoms with Crippen molar-refractivity contribution in [1.29, 1.82) is 0 Å². The van der Waals surface area contributed by atoms with E-state index in [0.29, 0.717) is 32.0 Å². The van der Waals surface area contributed by atoms with Crippen molar-refractivity contribution >= 4 is 12.1 Å². The number of carbonyl (C=O) groups excluding carboxylic acids is 2. The van der Waals surface area contributed by atoms with E-state index in [4.69, 9.17) is 14.2 Å². The van der Waals surface area contributed by atoms with Crippen LogP contribution in [0.2, 0.25) is 0 Å². The first-order valence-corrected chi connectivity index (χ1v) is 8.42. The van der Waals surface area contributed by atoms with Crippen molar-refractivity contribution in [3.8, 4) is 0 Å². The Morgan fingerprint density at radius 1 is 1.26 bits per heavy atom. The molecule has 2 aliphatic rings. The van der Waals surface area contributed by atoms with Crippen molar-refractivity contribution in [2.45, 2.75) is 64.1 Å². The first-order valence-electron chi connectivity index (χ1n) is 8.42. The molecule has 0 saturated carbocycles. The fourth-order valence-corrected chi connectivity index (χ4v) is 3.39. The molecular weight excluding hydrogens is 298 g/mol. The number of piperidine rings is 1. The number of nitrogens with zero attached hydrogens (tertiary/aromatic N) is 1. The smallest absolute Gasteiger partial charge is 0.410 e. The van der Waals surface area contributed by atoms with Crippen LogP contribution in [0, 0.1) is 5.92 Å². The van der Waals surface area contributed by atoms with Crippen molar-refractivity contribution in [2.24, 2.45) is 5.92 Å². The molecule has 2 aliphatic heterocycles. The predicted octanol–water partition coefficient (Wildman–Crippen LogP) is 2.75. The van der Waals surface area contributed by atoms with Crippen molar-refractivity contribution in [3.63, 3.8) is 0 Å². The quantitative estimate of drug-likeness (QED) is 0.730. The van der Waals surface area contributed by atoms with Crippen LogP contribution < -0.4 is 0 Å². The first kappa shape index (κ1) is 18.0. The molecule has 1 amide bonds. The minimum atomic E-state index is -0.473.